The largest absolute Gasteiger partial charge is 0.508 e. The van der Waals surface area contributed by atoms with Crippen LogP contribution < -0.4 is 10.0 Å². The van der Waals surface area contributed by atoms with Crippen LogP contribution in [0.1, 0.15) is 21.5 Å². The number of aryl methyl sites for hydroxylation is 2. The SMILES string of the molecule is Cc1ccc(C)c(S(=O)(=O)NCCNC(=O)c2cccc(O)c2)c1. The summed E-state index contributed by atoms with van der Waals surface area (Å²) in [5, 5.41) is 11.9. The molecular formula is C17H20N2O4S. The second-order valence-electron chi connectivity index (χ2n) is 5.47. The van der Waals surface area contributed by atoms with E-state index in [0.717, 1.165) is 5.56 Å². The highest BCUT2D eigenvalue weighted by Gasteiger charge is 2.16. The van der Waals surface area contributed by atoms with Gasteiger partial charge in [-0.3, -0.25) is 4.79 Å². The van der Waals surface area contributed by atoms with E-state index in [1.807, 2.05) is 13.0 Å². The average Bonchev–Trinajstić information content (AvgIpc) is 2.53. The van der Waals surface area contributed by atoms with Crippen LogP contribution in [0.5, 0.6) is 5.75 Å². The maximum Gasteiger partial charge on any atom is 0.251 e. The lowest BCUT2D eigenvalue weighted by Crippen LogP contribution is -2.34. The molecule has 0 aliphatic rings. The van der Waals surface area contributed by atoms with Crippen molar-refractivity contribution >= 4 is 15.9 Å². The van der Waals surface area contributed by atoms with Gasteiger partial charge in [-0.1, -0.05) is 18.2 Å². The van der Waals surface area contributed by atoms with E-state index in [-0.39, 0.29) is 29.6 Å². The first-order chi connectivity index (χ1) is 11.3. The first-order valence-corrected chi connectivity index (χ1v) is 8.92. The number of nitrogens with one attached hydrogen (secondary N) is 2. The van der Waals surface area contributed by atoms with Crippen LogP contribution in [0.2, 0.25) is 0 Å². The lowest BCUT2D eigenvalue weighted by Gasteiger charge is -2.11. The first kappa shape index (κ1) is 18.0. The molecule has 0 heterocycles. The molecule has 2 aromatic rings. The number of sulfonamides is 1. The monoisotopic (exact) mass is 348 g/mol. The molecule has 0 radical (unpaired) electrons. The van der Waals surface area contributed by atoms with E-state index in [0.29, 0.717) is 11.1 Å². The van der Waals surface area contributed by atoms with Crippen LogP contribution in [0.15, 0.2) is 47.4 Å². The van der Waals surface area contributed by atoms with Crippen LogP contribution in [-0.4, -0.2) is 32.5 Å². The zero-order valence-electron chi connectivity index (χ0n) is 13.5. The molecular weight excluding hydrogens is 328 g/mol. The number of hydrogen-bond acceptors (Lipinski definition) is 4. The van der Waals surface area contributed by atoms with Gasteiger partial charge in [0.2, 0.25) is 10.0 Å². The van der Waals surface area contributed by atoms with Gasteiger partial charge in [0.25, 0.3) is 5.91 Å². The van der Waals surface area contributed by atoms with Crippen LogP contribution in [0.4, 0.5) is 0 Å². The molecule has 24 heavy (non-hydrogen) atoms. The Hall–Kier alpha value is -2.38. The topological polar surface area (TPSA) is 95.5 Å². The molecule has 0 aliphatic carbocycles. The van der Waals surface area contributed by atoms with Gasteiger partial charge in [0.05, 0.1) is 4.90 Å². The predicted octanol–water partition coefficient (Wildman–Crippen LogP) is 1.72. The number of carbonyl (C=O) groups is 1. The molecule has 7 heteroatoms. The number of carbonyl (C=O) groups excluding carboxylic acids is 1. The number of phenolic OH excluding ortho intramolecular Hbond substituents is 1. The number of phenols is 1. The fourth-order valence-corrected chi connectivity index (χ4v) is 3.54. The van der Waals surface area contributed by atoms with E-state index in [1.54, 1.807) is 31.2 Å². The molecule has 0 unspecified atom stereocenters. The molecule has 128 valence electrons. The normalized spacial score (nSPS) is 11.2. The number of aromatic hydroxyl groups is 1. The molecule has 0 fully saturated rings. The standard InChI is InChI=1S/C17H20N2O4S/c1-12-6-7-13(2)16(10-12)24(22,23)19-9-8-18-17(21)14-4-3-5-15(20)11-14/h3-7,10-11,19-20H,8-9H2,1-2H3,(H,18,21). The Bertz CT molecular complexity index is 847. The molecule has 1 amide bonds. The van der Waals surface area contributed by atoms with Crippen molar-refractivity contribution in [2.24, 2.45) is 0 Å². The van der Waals surface area contributed by atoms with Crippen molar-refractivity contribution < 1.29 is 18.3 Å². The van der Waals surface area contributed by atoms with E-state index < -0.39 is 10.0 Å². The summed E-state index contributed by atoms with van der Waals surface area (Å²) < 4.78 is 27.1. The van der Waals surface area contributed by atoms with Gasteiger partial charge in [-0.25, -0.2) is 13.1 Å². The third-order valence-electron chi connectivity index (χ3n) is 3.44. The Morgan fingerprint density at radius 3 is 2.54 bits per heavy atom. The number of amides is 1. The summed E-state index contributed by atoms with van der Waals surface area (Å²) in [5.41, 5.74) is 1.84. The van der Waals surface area contributed by atoms with Crippen LogP contribution in [0.3, 0.4) is 0 Å². The van der Waals surface area contributed by atoms with E-state index in [9.17, 15) is 18.3 Å². The zero-order chi connectivity index (χ0) is 17.7. The van der Waals surface area contributed by atoms with Crippen molar-refractivity contribution in [2.75, 3.05) is 13.1 Å². The quantitative estimate of drug-likeness (QED) is 0.693. The first-order valence-electron chi connectivity index (χ1n) is 7.44. The molecule has 0 spiro atoms. The van der Waals surface area contributed by atoms with Crippen molar-refractivity contribution in [3.63, 3.8) is 0 Å². The van der Waals surface area contributed by atoms with Crippen molar-refractivity contribution in [3.8, 4) is 5.75 Å². The third kappa shape index (κ3) is 4.56. The smallest absolute Gasteiger partial charge is 0.251 e. The molecule has 0 bridgehead atoms. The van der Waals surface area contributed by atoms with Crippen LogP contribution >= 0.6 is 0 Å². The predicted molar refractivity (Wildman–Crippen MR) is 91.5 cm³/mol. The van der Waals surface area contributed by atoms with E-state index in [1.165, 1.54) is 12.1 Å². The summed E-state index contributed by atoms with van der Waals surface area (Å²) in [7, 11) is -3.62. The lowest BCUT2D eigenvalue weighted by molar-refractivity contribution is 0.0954. The minimum Gasteiger partial charge on any atom is -0.508 e. The molecule has 0 saturated heterocycles. The number of rotatable bonds is 6. The second kappa shape index (κ2) is 7.46. The Labute approximate surface area is 141 Å². The van der Waals surface area contributed by atoms with Gasteiger partial charge in [-0.2, -0.15) is 0 Å². The van der Waals surface area contributed by atoms with Crippen LogP contribution in [-0.2, 0) is 10.0 Å². The fourth-order valence-electron chi connectivity index (χ4n) is 2.19. The molecule has 2 aromatic carbocycles. The summed E-state index contributed by atoms with van der Waals surface area (Å²) in [6, 6.07) is 11.2. The molecule has 0 atom stereocenters. The Kier molecular flexibility index (Phi) is 5.58. The lowest BCUT2D eigenvalue weighted by atomic mass is 10.2. The van der Waals surface area contributed by atoms with Crippen LogP contribution in [0, 0.1) is 13.8 Å². The summed E-state index contributed by atoms with van der Waals surface area (Å²) >= 11 is 0. The molecule has 0 aliphatic heterocycles. The summed E-state index contributed by atoms with van der Waals surface area (Å²) in [5.74, 6) is -0.380. The van der Waals surface area contributed by atoms with Crippen LogP contribution in [0.25, 0.3) is 0 Å². The Morgan fingerprint density at radius 1 is 1.08 bits per heavy atom. The maximum absolute atomic E-state index is 12.3. The highest BCUT2D eigenvalue weighted by atomic mass is 32.2. The Morgan fingerprint density at radius 2 is 1.83 bits per heavy atom. The third-order valence-corrected chi connectivity index (χ3v) is 5.05. The van der Waals surface area contributed by atoms with Crippen molar-refractivity contribution in [1.29, 1.82) is 0 Å². The minimum atomic E-state index is -3.62. The van der Waals surface area contributed by atoms with Gasteiger partial charge < -0.3 is 10.4 Å². The van der Waals surface area contributed by atoms with E-state index in [2.05, 4.69) is 10.0 Å². The van der Waals surface area contributed by atoms with Crippen molar-refractivity contribution in [1.82, 2.24) is 10.0 Å². The van der Waals surface area contributed by atoms with Gasteiger partial charge in [0, 0.05) is 18.7 Å². The molecule has 0 aromatic heterocycles. The van der Waals surface area contributed by atoms with Gasteiger partial charge in [-0.15, -0.1) is 0 Å². The zero-order valence-corrected chi connectivity index (χ0v) is 14.4. The van der Waals surface area contributed by atoms with Gasteiger partial charge in [-0.05, 0) is 49.2 Å². The van der Waals surface area contributed by atoms with Gasteiger partial charge in [0.1, 0.15) is 5.75 Å². The average molecular weight is 348 g/mol. The fraction of sp³-hybridized carbons (Fsp3) is 0.235. The maximum atomic E-state index is 12.3. The van der Waals surface area contributed by atoms with Crippen molar-refractivity contribution in [3.05, 3.63) is 59.2 Å². The van der Waals surface area contributed by atoms with Gasteiger partial charge >= 0.3 is 0 Å². The van der Waals surface area contributed by atoms with E-state index in [4.69, 9.17) is 0 Å². The molecule has 0 saturated carbocycles. The molecule has 2 rings (SSSR count). The molecule has 3 N–H and O–H groups in total. The highest BCUT2D eigenvalue weighted by molar-refractivity contribution is 7.89. The van der Waals surface area contributed by atoms with Gasteiger partial charge in [0.15, 0.2) is 0 Å². The number of hydrogen-bond donors (Lipinski definition) is 3. The number of benzene rings is 2. The van der Waals surface area contributed by atoms with E-state index >= 15 is 0 Å². The summed E-state index contributed by atoms with van der Waals surface area (Å²) in [4.78, 5) is 12.1. The summed E-state index contributed by atoms with van der Waals surface area (Å²) in [6.45, 7) is 3.77. The second-order valence-corrected chi connectivity index (χ2v) is 7.21. The highest BCUT2D eigenvalue weighted by Crippen LogP contribution is 2.16. The summed E-state index contributed by atoms with van der Waals surface area (Å²) in [6.07, 6.45) is 0. The minimum absolute atomic E-state index is 0.00160. The Balaban J connectivity index is 1.92. The molecule has 6 nitrogen and oxygen atoms in total. The van der Waals surface area contributed by atoms with Crippen molar-refractivity contribution in [2.45, 2.75) is 18.7 Å².